The van der Waals surface area contributed by atoms with E-state index in [1.54, 1.807) is 29.2 Å². The Morgan fingerprint density at radius 2 is 1.96 bits per heavy atom. The first-order valence-corrected chi connectivity index (χ1v) is 9.70. The van der Waals surface area contributed by atoms with Crippen LogP contribution in [0.25, 0.3) is 0 Å². The SMILES string of the molecule is N#Cc1ccc(CCC(=O)N2CC(S(=O)(=O)Cc3ccco3)C2)cc1. The lowest BCUT2D eigenvalue weighted by Gasteiger charge is -2.38. The highest BCUT2D eigenvalue weighted by Crippen LogP contribution is 2.22. The van der Waals surface area contributed by atoms with E-state index in [1.165, 1.54) is 6.26 Å². The van der Waals surface area contributed by atoms with Gasteiger partial charge in [0.2, 0.25) is 5.91 Å². The Balaban J connectivity index is 1.47. The number of carbonyl (C=O) groups is 1. The molecule has 0 radical (unpaired) electrons. The van der Waals surface area contributed by atoms with Gasteiger partial charge in [-0.3, -0.25) is 4.79 Å². The molecular formula is C18H18N2O4S. The van der Waals surface area contributed by atoms with Gasteiger partial charge in [0.1, 0.15) is 11.5 Å². The van der Waals surface area contributed by atoms with Crippen LogP contribution >= 0.6 is 0 Å². The maximum absolute atomic E-state index is 12.3. The molecule has 2 aromatic rings. The number of nitriles is 1. The summed E-state index contributed by atoms with van der Waals surface area (Å²) in [5.74, 6) is 0.247. The Hall–Kier alpha value is -2.59. The summed E-state index contributed by atoms with van der Waals surface area (Å²) >= 11 is 0. The van der Waals surface area contributed by atoms with Crippen molar-refractivity contribution in [1.29, 1.82) is 5.26 Å². The van der Waals surface area contributed by atoms with Crippen LogP contribution in [0.15, 0.2) is 47.1 Å². The van der Waals surface area contributed by atoms with Gasteiger partial charge in [-0.2, -0.15) is 5.26 Å². The minimum atomic E-state index is -3.31. The van der Waals surface area contributed by atoms with Crippen LogP contribution in [-0.4, -0.2) is 37.6 Å². The lowest BCUT2D eigenvalue weighted by atomic mass is 10.1. The van der Waals surface area contributed by atoms with Crippen molar-refractivity contribution >= 4 is 15.7 Å². The number of carbonyl (C=O) groups excluding carboxylic acids is 1. The zero-order chi connectivity index (χ0) is 17.9. The molecule has 0 atom stereocenters. The fraction of sp³-hybridized carbons (Fsp3) is 0.333. The summed E-state index contributed by atoms with van der Waals surface area (Å²) in [6, 6.07) is 12.5. The number of benzene rings is 1. The average Bonchev–Trinajstić information content (AvgIpc) is 3.03. The summed E-state index contributed by atoms with van der Waals surface area (Å²) in [5, 5.41) is 8.25. The maximum Gasteiger partial charge on any atom is 0.222 e. The summed E-state index contributed by atoms with van der Waals surface area (Å²) in [5.41, 5.74) is 1.57. The van der Waals surface area contributed by atoms with Gasteiger partial charge in [-0.1, -0.05) is 12.1 Å². The van der Waals surface area contributed by atoms with Crippen LogP contribution < -0.4 is 0 Å². The molecule has 0 N–H and O–H groups in total. The van der Waals surface area contributed by atoms with E-state index < -0.39 is 15.1 Å². The molecule has 1 aromatic carbocycles. The molecule has 1 saturated heterocycles. The number of sulfone groups is 1. The normalized spacial score (nSPS) is 14.8. The first kappa shape index (κ1) is 17.2. The third-order valence-corrected chi connectivity index (χ3v) is 6.34. The molecule has 3 rings (SSSR count). The molecule has 0 bridgehead atoms. The van der Waals surface area contributed by atoms with Crippen LogP contribution in [0.1, 0.15) is 23.3 Å². The third kappa shape index (κ3) is 4.09. The van der Waals surface area contributed by atoms with Gasteiger partial charge in [0.05, 0.1) is 23.1 Å². The van der Waals surface area contributed by atoms with Gasteiger partial charge in [-0.25, -0.2) is 8.42 Å². The Bertz CT molecular complexity index is 874. The number of rotatable bonds is 6. The molecule has 0 aliphatic carbocycles. The molecule has 130 valence electrons. The number of hydrogen-bond donors (Lipinski definition) is 0. The lowest BCUT2D eigenvalue weighted by molar-refractivity contribution is -0.134. The number of amides is 1. The summed E-state index contributed by atoms with van der Waals surface area (Å²) in [6.07, 6.45) is 2.35. The smallest absolute Gasteiger partial charge is 0.222 e. The quantitative estimate of drug-likeness (QED) is 0.786. The monoisotopic (exact) mass is 358 g/mol. The van der Waals surface area contributed by atoms with Crippen molar-refractivity contribution in [3.05, 3.63) is 59.5 Å². The summed E-state index contributed by atoms with van der Waals surface area (Å²) in [4.78, 5) is 13.7. The Morgan fingerprint density at radius 1 is 1.24 bits per heavy atom. The highest BCUT2D eigenvalue weighted by Gasteiger charge is 2.39. The minimum absolute atomic E-state index is 0.0474. The maximum atomic E-state index is 12.3. The average molecular weight is 358 g/mol. The highest BCUT2D eigenvalue weighted by atomic mass is 32.2. The van der Waals surface area contributed by atoms with Crippen LogP contribution in [0.5, 0.6) is 0 Å². The standard InChI is InChI=1S/C18H18N2O4S/c19-10-15-5-3-14(4-6-15)7-8-18(21)20-11-17(12-20)25(22,23)13-16-2-1-9-24-16/h1-6,9,17H,7-8,11-13H2. The van der Waals surface area contributed by atoms with Gasteiger partial charge in [-0.05, 0) is 36.2 Å². The summed E-state index contributed by atoms with van der Waals surface area (Å²) < 4.78 is 29.6. The molecule has 2 heterocycles. The number of aryl methyl sites for hydroxylation is 1. The van der Waals surface area contributed by atoms with Crippen molar-refractivity contribution in [2.24, 2.45) is 0 Å². The molecule has 0 saturated carbocycles. The largest absolute Gasteiger partial charge is 0.468 e. The number of likely N-dealkylation sites (tertiary alicyclic amines) is 1. The fourth-order valence-electron chi connectivity index (χ4n) is 2.74. The second-order valence-corrected chi connectivity index (χ2v) is 8.40. The fourth-order valence-corrected chi connectivity index (χ4v) is 4.35. The molecular weight excluding hydrogens is 340 g/mol. The van der Waals surface area contributed by atoms with Crippen molar-refractivity contribution < 1.29 is 17.6 Å². The summed E-state index contributed by atoms with van der Waals surface area (Å²) in [6.45, 7) is 0.491. The lowest BCUT2D eigenvalue weighted by Crippen LogP contribution is -2.57. The van der Waals surface area contributed by atoms with Crippen LogP contribution in [-0.2, 0) is 26.8 Å². The van der Waals surface area contributed by atoms with E-state index >= 15 is 0 Å². The first-order chi connectivity index (χ1) is 12.0. The van der Waals surface area contributed by atoms with Crippen molar-refractivity contribution in [3.63, 3.8) is 0 Å². The number of hydrogen-bond acceptors (Lipinski definition) is 5. The van der Waals surface area contributed by atoms with E-state index in [1.807, 2.05) is 12.1 Å². The second-order valence-electron chi connectivity index (χ2n) is 6.12. The van der Waals surface area contributed by atoms with Crippen LogP contribution in [0, 0.1) is 11.3 Å². The topological polar surface area (TPSA) is 91.4 Å². The molecule has 0 unspecified atom stereocenters. The molecule has 1 amide bonds. The van der Waals surface area contributed by atoms with E-state index in [-0.39, 0.29) is 24.7 Å². The van der Waals surface area contributed by atoms with Gasteiger partial charge in [0, 0.05) is 19.5 Å². The molecule has 0 spiro atoms. The van der Waals surface area contributed by atoms with Gasteiger partial charge in [0.25, 0.3) is 0 Å². The van der Waals surface area contributed by atoms with Gasteiger partial charge in [0.15, 0.2) is 9.84 Å². The predicted molar refractivity (Wildman–Crippen MR) is 91.2 cm³/mol. The van der Waals surface area contributed by atoms with Crippen LogP contribution in [0.3, 0.4) is 0 Å². The molecule has 25 heavy (non-hydrogen) atoms. The number of nitrogens with zero attached hydrogens (tertiary/aromatic N) is 2. The Labute approximate surface area is 146 Å². The van der Waals surface area contributed by atoms with E-state index in [9.17, 15) is 13.2 Å². The molecule has 1 aliphatic heterocycles. The van der Waals surface area contributed by atoms with Crippen molar-refractivity contribution in [2.75, 3.05) is 13.1 Å². The number of furan rings is 1. The van der Waals surface area contributed by atoms with E-state index in [0.29, 0.717) is 24.2 Å². The Kier molecular flexibility index (Phi) is 4.91. The third-order valence-electron chi connectivity index (χ3n) is 4.34. The van der Waals surface area contributed by atoms with Crippen molar-refractivity contribution in [1.82, 2.24) is 4.90 Å². The highest BCUT2D eigenvalue weighted by molar-refractivity contribution is 7.91. The van der Waals surface area contributed by atoms with Crippen molar-refractivity contribution in [2.45, 2.75) is 23.8 Å². The molecule has 7 heteroatoms. The Morgan fingerprint density at radius 3 is 2.56 bits per heavy atom. The van der Waals surface area contributed by atoms with Gasteiger partial charge in [-0.15, -0.1) is 0 Å². The van der Waals surface area contributed by atoms with Crippen LogP contribution in [0.2, 0.25) is 0 Å². The second kappa shape index (κ2) is 7.11. The van der Waals surface area contributed by atoms with E-state index in [4.69, 9.17) is 9.68 Å². The van der Waals surface area contributed by atoms with E-state index in [0.717, 1.165) is 5.56 Å². The van der Waals surface area contributed by atoms with Crippen LogP contribution in [0.4, 0.5) is 0 Å². The molecule has 6 nitrogen and oxygen atoms in total. The van der Waals surface area contributed by atoms with Gasteiger partial charge < -0.3 is 9.32 Å². The zero-order valence-electron chi connectivity index (χ0n) is 13.6. The first-order valence-electron chi connectivity index (χ1n) is 7.99. The van der Waals surface area contributed by atoms with Crippen molar-refractivity contribution in [3.8, 4) is 6.07 Å². The summed E-state index contributed by atoms with van der Waals surface area (Å²) in [7, 11) is -3.31. The zero-order valence-corrected chi connectivity index (χ0v) is 14.4. The van der Waals surface area contributed by atoms with E-state index in [2.05, 4.69) is 6.07 Å². The molecule has 1 aliphatic rings. The minimum Gasteiger partial charge on any atom is -0.468 e. The molecule has 1 aromatic heterocycles. The van der Waals surface area contributed by atoms with Gasteiger partial charge >= 0.3 is 0 Å². The predicted octanol–water partition coefficient (Wildman–Crippen LogP) is 1.91. The molecule has 1 fully saturated rings.